The topological polar surface area (TPSA) is 67.2 Å². The van der Waals surface area contributed by atoms with Gasteiger partial charge in [0.2, 0.25) is 0 Å². The Balaban J connectivity index is 1.61. The summed E-state index contributed by atoms with van der Waals surface area (Å²) in [6.07, 6.45) is 2.57. The highest BCUT2D eigenvalue weighted by Gasteiger charge is 2.16. The smallest absolute Gasteiger partial charge is 0.253 e. The second kappa shape index (κ2) is 7.77. The minimum absolute atomic E-state index is 0.374. The molecule has 5 heteroatoms. The molecular weight excluding hydrogens is 314 g/mol. The van der Waals surface area contributed by atoms with E-state index in [1.54, 1.807) is 30.5 Å². The summed E-state index contributed by atoms with van der Waals surface area (Å²) in [5, 5.41) is 12.9. The van der Waals surface area contributed by atoms with Crippen LogP contribution in [0.15, 0.2) is 67.0 Å². The number of carbonyl (C=O) groups excluding carboxylic acids is 1. The molecule has 0 saturated heterocycles. The van der Waals surface area contributed by atoms with E-state index >= 15 is 0 Å². The van der Waals surface area contributed by atoms with Gasteiger partial charge in [-0.25, -0.2) is 4.98 Å². The van der Waals surface area contributed by atoms with Gasteiger partial charge in [-0.1, -0.05) is 54.6 Å². The van der Waals surface area contributed by atoms with E-state index in [2.05, 4.69) is 20.9 Å². The molecule has 0 spiro atoms. The Labute approximate surface area is 147 Å². The summed E-state index contributed by atoms with van der Waals surface area (Å²) in [7, 11) is 0. The maximum absolute atomic E-state index is 12.1. The number of benzene rings is 2. The van der Waals surface area contributed by atoms with E-state index in [0.717, 1.165) is 23.5 Å². The van der Waals surface area contributed by atoms with E-state index in [4.69, 9.17) is 0 Å². The van der Waals surface area contributed by atoms with E-state index in [1.165, 1.54) is 0 Å². The van der Waals surface area contributed by atoms with Gasteiger partial charge in [0, 0.05) is 25.5 Å². The van der Waals surface area contributed by atoms with Crippen LogP contribution in [0.1, 0.15) is 28.6 Å². The molecule has 0 fully saturated rings. The van der Waals surface area contributed by atoms with Crippen LogP contribution in [-0.2, 0) is 17.9 Å². The lowest BCUT2D eigenvalue weighted by atomic mass is 10.1. The van der Waals surface area contributed by atoms with Gasteiger partial charge in [0.25, 0.3) is 5.91 Å². The highest BCUT2D eigenvalue weighted by Crippen LogP contribution is 2.13. The first-order valence-electron chi connectivity index (χ1n) is 8.20. The van der Waals surface area contributed by atoms with Crippen LogP contribution in [0.25, 0.3) is 0 Å². The third-order valence-electron chi connectivity index (χ3n) is 4.10. The van der Waals surface area contributed by atoms with Crippen LogP contribution in [-0.4, -0.2) is 20.6 Å². The number of rotatable bonds is 6. The van der Waals surface area contributed by atoms with Gasteiger partial charge in [0.15, 0.2) is 6.10 Å². The zero-order chi connectivity index (χ0) is 17.6. The van der Waals surface area contributed by atoms with Crippen molar-refractivity contribution in [1.82, 2.24) is 14.9 Å². The molecule has 0 aliphatic heterocycles. The molecule has 1 atom stereocenters. The minimum atomic E-state index is -1.15. The minimum Gasteiger partial charge on any atom is -0.378 e. The molecule has 1 amide bonds. The third kappa shape index (κ3) is 4.33. The number of aromatic nitrogens is 2. The van der Waals surface area contributed by atoms with Crippen molar-refractivity contribution in [2.45, 2.75) is 26.1 Å². The van der Waals surface area contributed by atoms with Crippen molar-refractivity contribution in [3.05, 3.63) is 89.5 Å². The normalized spacial score (nSPS) is 11.9. The summed E-state index contributed by atoms with van der Waals surface area (Å²) in [6.45, 7) is 3.08. The molecule has 5 nitrogen and oxygen atoms in total. The average molecular weight is 335 g/mol. The lowest BCUT2D eigenvalue weighted by Gasteiger charge is -2.12. The number of nitrogens with zero attached hydrogens (tertiary/aromatic N) is 2. The molecule has 3 rings (SSSR count). The molecule has 25 heavy (non-hydrogen) atoms. The van der Waals surface area contributed by atoms with Crippen LogP contribution >= 0.6 is 0 Å². The maximum atomic E-state index is 12.1. The van der Waals surface area contributed by atoms with E-state index in [9.17, 15) is 9.90 Å². The van der Waals surface area contributed by atoms with Crippen LogP contribution in [0.5, 0.6) is 0 Å². The van der Waals surface area contributed by atoms with Gasteiger partial charge in [-0.2, -0.15) is 0 Å². The number of hydrogen-bond acceptors (Lipinski definition) is 3. The van der Waals surface area contributed by atoms with Crippen molar-refractivity contribution < 1.29 is 9.90 Å². The highest BCUT2D eigenvalue weighted by atomic mass is 16.3. The second-order valence-electron chi connectivity index (χ2n) is 5.95. The largest absolute Gasteiger partial charge is 0.378 e. The fourth-order valence-corrected chi connectivity index (χ4v) is 2.68. The summed E-state index contributed by atoms with van der Waals surface area (Å²) < 4.78 is 2.07. The van der Waals surface area contributed by atoms with Crippen molar-refractivity contribution in [2.24, 2.45) is 0 Å². The maximum Gasteiger partial charge on any atom is 0.253 e. The molecule has 0 saturated carbocycles. The summed E-state index contributed by atoms with van der Waals surface area (Å²) in [4.78, 5) is 16.4. The number of imidazole rings is 1. The molecule has 0 aliphatic carbocycles. The van der Waals surface area contributed by atoms with E-state index in [-0.39, 0.29) is 0 Å². The Bertz CT molecular complexity index is 843. The number of carbonyl (C=O) groups is 1. The first-order chi connectivity index (χ1) is 12.1. The van der Waals surface area contributed by atoms with Crippen LogP contribution in [0.2, 0.25) is 0 Å². The first kappa shape index (κ1) is 16.9. The van der Waals surface area contributed by atoms with Crippen molar-refractivity contribution in [1.29, 1.82) is 0 Å². The molecule has 1 aromatic heterocycles. The SMILES string of the molecule is Cc1nccn1Cc1cccc(CNC(=O)C(O)c2ccccc2)c1. The molecule has 0 bridgehead atoms. The van der Waals surface area contributed by atoms with Gasteiger partial charge in [-0.3, -0.25) is 4.79 Å². The number of hydrogen-bond donors (Lipinski definition) is 2. The predicted molar refractivity (Wildman–Crippen MR) is 95.8 cm³/mol. The molecule has 1 heterocycles. The lowest BCUT2D eigenvalue weighted by Crippen LogP contribution is -2.28. The molecule has 2 N–H and O–H groups in total. The molecule has 2 aromatic carbocycles. The number of aliphatic hydroxyl groups excluding tert-OH is 1. The van der Waals surface area contributed by atoms with Gasteiger partial charge in [-0.15, -0.1) is 0 Å². The van der Waals surface area contributed by atoms with Crippen LogP contribution < -0.4 is 5.32 Å². The van der Waals surface area contributed by atoms with E-state index in [1.807, 2.05) is 37.4 Å². The zero-order valence-corrected chi connectivity index (χ0v) is 14.1. The standard InChI is InChI=1S/C20H21N3O2/c1-15-21-10-11-23(15)14-17-7-5-6-16(12-17)13-22-20(25)19(24)18-8-3-2-4-9-18/h2-12,19,24H,13-14H2,1H3,(H,22,25). The molecular formula is C20H21N3O2. The fourth-order valence-electron chi connectivity index (χ4n) is 2.68. The Morgan fingerprint density at radius 3 is 2.64 bits per heavy atom. The number of aliphatic hydroxyl groups is 1. The molecule has 1 unspecified atom stereocenters. The van der Waals surface area contributed by atoms with E-state index in [0.29, 0.717) is 12.1 Å². The van der Waals surface area contributed by atoms with Crippen LogP contribution in [0.3, 0.4) is 0 Å². The number of aryl methyl sites for hydroxylation is 1. The van der Waals surface area contributed by atoms with E-state index < -0.39 is 12.0 Å². The molecule has 0 aliphatic rings. The van der Waals surface area contributed by atoms with Gasteiger partial charge < -0.3 is 15.0 Å². The second-order valence-corrected chi connectivity index (χ2v) is 5.95. The van der Waals surface area contributed by atoms with Crippen molar-refractivity contribution >= 4 is 5.91 Å². The predicted octanol–water partition coefficient (Wildman–Crippen LogP) is 2.59. The van der Waals surface area contributed by atoms with Crippen molar-refractivity contribution in [2.75, 3.05) is 0 Å². The third-order valence-corrected chi connectivity index (χ3v) is 4.10. The quantitative estimate of drug-likeness (QED) is 0.727. The summed E-state index contributed by atoms with van der Waals surface area (Å²) in [5.74, 6) is 0.562. The zero-order valence-electron chi connectivity index (χ0n) is 14.1. The lowest BCUT2D eigenvalue weighted by molar-refractivity contribution is -0.129. The van der Waals surface area contributed by atoms with Gasteiger partial charge in [0.1, 0.15) is 5.82 Å². The Kier molecular flexibility index (Phi) is 5.26. The monoisotopic (exact) mass is 335 g/mol. The van der Waals surface area contributed by atoms with Gasteiger partial charge >= 0.3 is 0 Å². The number of amides is 1. The highest BCUT2D eigenvalue weighted by molar-refractivity contribution is 5.81. The van der Waals surface area contributed by atoms with Gasteiger partial charge in [-0.05, 0) is 23.6 Å². The summed E-state index contributed by atoms with van der Waals surface area (Å²) >= 11 is 0. The summed E-state index contributed by atoms with van der Waals surface area (Å²) in [6, 6.07) is 16.9. The fraction of sp³-hybridized carbons (Fsp3) is 0.200. The average Bonchev–Trinajstić information content (AvgIpc) is 3.05. The summed E-state index contributed by atoms with van der Waals surface area (Å²) in [5.41, 5.74) is 2.71. The Morgan fingerprint density at radius 1 is 1.16 bits per heavy atom. The molecule has 3 aromatic rings. The van der Waals surface area contributed by atoms with Crippen molar-refractivity contribution in [3.63, 3.8) is 0 Å². The first-order valence-corrected chi connectivity index (χ1v) is 8.20. The van der Waals surface area contributed by atoms with Gasteiger partial charge in [0.05, 0.1) is 0 Å². The molecule has 0 radical (unpaired) electrons. The van der Waals surface area contributed by atoms with Crippen molar-refractivity contribution in [3.8, 4) is 0 Å². The van der Waals surface area contributed by atoms with Crippen LogP contribution in [0, 0.1) is 6.92 Å². The number of nitrogens with one attached hydrogen (secondary N) is 1. The molecule has 128 valence electrons. The Morgan fingerprint density at radius 2 is 1.92 bits per heavy atom. The van der Waals surface area contributed by atoms with Crippen LogP contribution in [0.4, 0.5) is 0 Å². The Hall–Kier alpha value is -2.92.